The van der Waals surface area contributed by atoms with E-state index in [9.17, 15) is 13.2 Å². The molecule has 1 heterocycles. The van der Waals surface area contributed by atoms with Crippen LogP contribution < -0.4 is 5.32 Å². The molecule has 6 nitrogen and oxygen atoms in total. The lowest BCUT2D eigenvalue weighted by Gasteiger charge is -2.26. The molecule has 1 amide bonds. The van der Waals surface area contributed by atoms with Gasteiger partial charge in [0, 0.05) is 29.2 Å². The molecule has 0 radical (unpaired) electrons. The summed E-state index contributed by atoms with van der Waals surface area (Å²) in [4.78, 5) is 13.6. The van der Waals surface area contributed by atoms with E-state index >= 15 is 0 Å². The maximum Gasteiger partial charge on any atom is 0.255 e. The van der Waals surface area contributed by atoms with Gasteiger partial charge in [-0.05, 0) is 54.8 Å². The number of carbonyl (C=O) groups is 1. The van der Waals surface area contributed by atoms with E-state index in [4.69, 9.17) is 4.74 Å². The fraction of sp³-hybridized carbons (Fsp3) is 0.278. The van der Waals surface area contributed by atoms with Crippen LogP contribution in [0.15, 0.2) is 58.3 Å². The minimum atomic E-state index is -3.55. The van der Waals surface area contributed by atoms with Crippen LogP contribution in [-0.4, -0.2) is 51.2 Å². The van der Waals surface area contributed by atoms with E-state index in [-0.39, 0.29) is 10.8 Å². The number of carbonyl (C=O) groups excluding carboxylic acids is 1. The van der Waals surface area contributed by atoms with E-state index < -0.39 is 10.0 Å². The van der Waals surface area contributed by atoms with Gasteiger partial charge >= 0.3 is 0 Å². The van der Waals surface area contributed by atoms with Crippen molar-refractivity contribution in [2.45, 2.75) is 9.79 Å². The third-order valence-electron chi connectivity index (χ3n) is 4.07. The van der Waals surface area contributed by atoms with Gasteiger partial charge in [-0.15, -0.1) is 11.8 Å². The van der Waals surface area contributed by atoms with E-state index in [1.807, 2.05) is 30.5 Å². The summed E-state index contributed by atoms with van der Waals surface area (Å²) in [6.45, 7) is 1.48. The van der Waals surface area contributed by atoms with Crippen molar-refractivity contribution < 1.29 is 17.9 Å². The molecule has 1 saturated heterocycles. The van der Waals surface area contributed by atoms with E-state index in [0.29, 0.717) is 37.6 Å². The lowest BCUT2D eigenvalue weighted by atomic mass is 10.2. The second kappa shape index (κ2) is 8.22. The van der Waals surface area contributed by atoms with Gasteiger partial charge < -0.3 is 10.1 Å². The molecule has 0 atom stereocenters. The highest BCUT2D eigenvalue weighted by atomic mass is 32.2. The van der Waals surface area contributed by atoms with Crippen LogP contribution in [0.1, 0.15) is 10.4 Å². The normalized spacial score (nSPS) is 15.6. The van der Waals surface area contributed by atoms with Crippen LogP contribution in [-0.2, 0) is 14.8 Å². The number of rotatable bonds is 5. The minimum Gasteiger partial charge on any atom is -0.379 e. The van der Waals surface area contributed by atoms with Crippen molar-refractivity contribution in [1.82, 2.24) is 4.31 Å². The first-order chi connectivity index (χ1) is 12.5. The summed E-state index contributed by atoms with van der Waals surface area (Å²) in [7, 11) is -3.55. The number of benzene rings is 2. The zero-order valence-corrected chi connectivity index (χ0v) is 16.0. The summed E-state index contributed by atoms with van der Waals surface area (Å²) in [5, 5.41) is 2.81. The Balaban J connectivity index is 1.70. The molecule has 26 heavy (non-hydrogen) atoms. The molecule has 8 heteroatoms. The number of thioether (sulfide) groups is 1. The molecule has 0 bridgehead atoms. The van der Waals surface area contributed by atoms with Crippen LogP contribution >= 0.6 is 11.8 Å². The Morgan fingerprint density at radius 3 is 2.23 bits per heavy atom. The first-order valence-corrected chi connectivity index (χ1v) is 10.8. The number of morpholine rings is 1. The predicted molar refractivity (Wildman–Crippen MR) is 102 cm³/mol. The Hall–Kier alpha value is -1.87. The molecule has 2 aromatic carbocycles. The van der Waals surface area contributed by atoms with E-state index in [0.717, 1.165) is 4.90 Å². The number of hydrogen-bond donors (Lipinski definition) is 1. The largest absolute Gasteiger partial charge is 0.379 e. The molecule has 138 valence electrons. The lowest BCUT2D eigenvalue weighted by molar-refractivity contribution is 0.0730. The maximum absolute atomic E-state index is 12.6. The average molecular weight is 393 g/mol. The third-order valence-corrected chi connectivity index (χ3v) is 6.73. The summed E-state index contributed by atoms with van der Waals surface area (Å²) in [5.74, 6) is -0.280. The smallest absolute Gasteiger partial charge is 0.255 e. The highest BCUT2D eigenvalue weighted by Crippen LogP contribution is 2.20. The van der Waals surface area contributed by atoms with Crippen molar-refractivity contribution in [3.05, 3.63) is 54.1 Å². The van der Waals surface area contributed by atoms with E-state index in [2.05, 4.69) is 5.32 Å². The molecular weight excluding hydrogens is 372 g/mol. The molecule has 1 N–H and O–H groups in total. The zero-order chi connectivity index (χ0) is 18.6. The van der Waals surface area contributed by atoms with Gasteiger partial charge in [-0.2, -0.15) is 4.31 Å². The molecule has 1 fully saturated rings. The Labute approximate surface area is 157 Å². The van der Waals surface area contributed by atoms with Crippen LogP contribution in [0.5, 0.6) is 0 Å². The third kappa shape index (κ3) is 4.27. The maximum atomic E-state index is 12.6. The number of amides is 1. The van der Waals surface area contributed by atoms with Crippen LogP contribution in [0, 0.1) is 0 Å². The zero-order valence-electron chi connectivity index (χ0n) is 14.3. The van der Waals surface area contributed by atoms with E-state index in [1.54, 1.807) is 11.8 Å². The Bertz CT molecular complexity index is 859. The number of nitrogens with zero attached hydrogens (tertiary/aromatic N) is 1. The standard InChI is InChI=1S/C18H20N2O4S2/c1-25-16-6-4-15(5-7-16)19-18(21)14-2-8-17(9-3-14)26(22,23)20-10-12-24-13-11-20/h2-9H,10-13H2,1H3,(H,19,21). The molecule has 1 aliphatic heterocycles. The number of hydrogen-bond acceptors (Lipinski definition) is 5. The van der Waals surface area contributed by atoms with Crippen molar-refractivity contribution in [1.29, 1.82) is 0 Å². The molecule has 0 spiro atoms. The topological polar surface area (TPSA) is 75.7 Å². The molecular formula is C18H20N2O4S2. The monoisotopic (exact) mass is 392 g/mol. The van der Waals surface area contributed by atoms with Gasteiger partial charge in [0.2, 0.25) is 10.0 Å². The van der Waals surface area contributed by atoms with Gasteiger partial charge in [0.1, 0.15) is 0 Å². The van der Waals surface area contributed by atoms with Crippen molar-refractivity contribution in [2.24, 2.45) is 0 Å². The summed E-state index contributed by atoms with van der Waals surface area (Å²) < 4.78 is 31.8. The molecule has 0 saturated carbocycles. The second-order valence-corrected chi connectivity index (χ2v) is 8.54. The molecule has 2 aromatic rings. The molecule has 0 unspecified atom stereocenters. The number of ether oxygens (including phenoxy) is 1. The number of anilines is 1. The van der Waals surface area contributed by atoms with Crippen molar-refractivity contribution in [3.8, 4) is 0 Å². The molecule has 0 aliphatic carbocycles. The first kappa shape index (κ1) is 18.9. The van der Waals surface area contributed by atoms with Gasteiger partial charge in [0.15, 0.2) is 0 Å². The highest BCUT2D eigenvalue weighted by molar-refractivity contribution is 7.98. The predicted octanol–water partition coefficient (Wildman–Crippen LogP) is 2.68. The van der Waals surface area contributed by atoms with Gasteiger partial charge in [-0.1, -0.05) is 0 Å². The molecule has 1 aliphatic rings. The summed E-state index contributed by atoms with van der Waals surface area (Å²) in [5.41, 5.74) is 1.10. The van der Waals surface area contributed by atoms with Crippen LogP contribution in [0.3, 0.4) is 0 Å². The Morgan fingerprint density at radius 2 is 1.65 bits per heavy atom. The van der Waals surface area contributed by atoms with Gasteiger partial charge in [0.25, 0.3) is 5.91 Å². The number of nitrogens with one attached hydrogen (secondary N) is 1. The van der Waals surface area contributed by atoms with Crippen molar-refractivity contribution in [2.75, 3.05) is 37.9 Å². The molecule has 0 aromatic heterocycles. The first-order valence-electron chi connectivity index (χ1n) is 8.14. The number of sulfonamides is 1. The highest BCUT2D eigenvalue weighted by Gasteiger charge is 2.26. The van der Waals surface area contributed by atoms with Crippen LogP contribution in [0.2, 0.25) is 0 Å². The fourth-order valence-corrected chi connectivity index (χ4v) is 4.41. The Morgan fingerprint density at radius 1 is 1.04 bits per heavy atom. The van der Waals surface area contributed by atoms with Crippen molar-refractivity contribution >= 4 is 33.4 Å². The van der Waals surface area contributed by atoms with E-state index in [1.165, 1.54) is 28.6 Å². The van der Waals surface area contributed by atoms with Gasteiger partial charge in [0.05, 0.1) is 18.1 Å². The summed E-state index contributed by atoms with van der Waals surface area (Å²) in [6.07, 6.45) is 1.99. The summed E-state index contributed by atoms with van der Waals surface area (Å²) >= 11 is 1.63. The Kier molecular flexibility index (Phi) is 5.98. The van der Waals surface area contributed by atoms with Crippen LogP contribution in [0.25, 0.3) is 0 Å². The molecule has 3 rings (SSSR count). The lowest BCUT2D eigenvalue weighted by Crippen LogP contribution is -2.40. The summed E-state index contributed by atoms with van der Waals surface area (Å²) in [6, 6.07) is 13.5. The minimum absolute atomic E-state index is 0.181. The van der Waals surface area contributed by atoms with Crippen LogP contribution in [0.4, 0.5) is 5.69 Å². The quantitative estimate of drug-likeness (QED) is 0.792. The fourth-order valence-electron chi connectivity index (χ4n) is 2.59. The van der Waals surface area contributed by atoms with Gasteiger partial charge in [-0.3, -0.25) is 4.79 Å². The SMILES string of the molecule is CSc1ccc(NC(=O)c2ccc(S(=O)(=O)N3CCOCC3)cc2)cc1. The van der Waals surface area contributed by atoms with Gasteiger partial charge in [-0.25, -0.2) is 8.42 Å². The average Bonchev–Trinajstić information content (AvgIpc) is 2.69. The van der Waals surface area contributed by atoms with Crippen molar-refractivity contribution in [3.63, 3.8) is 0 Å². The second-order valence-electron chi connectivity index (χ2n) is 5.72.